The van der Waals surface area contributed by atoms with Crippen LogP contribution in [0.2, 0.25) is 0 Å². The first-order chi connectivity index (χ1) is 17.9. The average molecular weight is 519 g/mol. The first kappa shape index (κ1) is 26.1. The predicted octanol–water partition coefficient (Wildman–Crippen LogP) is 4.63. The highest BCUT2D eigenvalue weighted by molar-refractivity contribution is 7.89. The normalized spacial score (nSPS) is 12.2. The molecule has 0 aliphatic heterocycles. The van der Waals surface area contributed by atoms with Gasteiger partial charge in [0.05, 0.1) is 13.2 Å². The van der Waals surface area contributed by atoms with E-state index >= 15 is 0 Å². The summed E-state index contributed by atoms with van der Waals surface area (Å²) in [6, 6.07) is 29.4. The van der Waals surface area contributed by atoms with E-state index in [1.165, 1.54) is 13.2 Å². The molecule has 37 heavy (non-hydrogen) atoms. The van der Waals surface area contributed by atoms with E-state index in [1.807, 2.05) is 91.0 Å². The van der Waals surface area contributed by atoms with Crippen molar-refractivity contribution in [3.63, 3.8) is 0 Å². The van der Waals surface area contributed by atoms with Gasteiger partial charge in [-0.25, -0.2) is 12.8 Å². The van der Waals surface area contributed by atoms with Gasteiger partial charge < -0.3 is 10.1 Å². The molecule has 2 N–H and O–H groups in total. The predicted molar refractivity (Wildman–Crippen MR) is 140 cm³/mol. The van der Waals surface area contributed by atoms with Crippen molar-refractivity contribution in [3.05, 3.63) is 132 Å². The second-order valence-corrected chi connectivity index (χ2v) is 10.1. The lowest BCUT2D eigenvalue weighted by Gasteiger charge is -2.25. The van der Waals surface area contributed by atoms with Crippen molar-refractivity contribution < 1.29 is 22.3 Å². The molecule has 8 heteroatoms. The molecule has 190 valence electrons. The Balaban J connectivity index is 1.69. The number of ether oxygens (including phenoxy) is 1. The minimum atomic E-state index is -4.33. The van der Waals surface area contributed by atoms with Gasteiger partial charge in [0.1, 0.15) is 22.5 Å². The summed E-state index contributed by atoms with van der Waals surface area (Å²) in [5.41, 5.74) is 2.44. The van der Waals surface area contributed by atoms with Gasteiger partial charge in [0.2, 0.25) is 15.9 Å². The van der Waals surface area contributed by atoms with E-state index < -0.39 is 33.8 Å². The topological polar surface area (TPSA) is 84.5 Å². The Morgan fingerprint density at radius 3 is 1.92 bits per heavy atom. The SMILES string of the molecule is COc1ccc(F)cc1S(=O)(=O)NC(Cc1ccccc1)C(=O)NC(c1ccccc1)c1ccccc1. The average Bonchev–Trinajstić information content (AvgIpc) is 2.92. The molecular weight excluding hydrogens is 491 g/mol. The molecular formula is C29H27FN2O4S. The molecule has 1 unspecified atom stereocenters. The quantitative estimate of drug-likeness (QED) is 0.321. The number of methoxy groups -OCH3 is 1. The molecule has 0 saturated heterocycles. The highest BCUT2D eigenvalue weighted by atomic mass is 32.2. The van der Waals surface area contributed by atoms with Gasteiger partial charge in [0.15, 0.2) is 0 Å². The number of carbonyl (C=O) groups excluding carboxylic acids is 1. The Bertz CT molecular complexity index is 1390. The fourth-order valence-corrected chi connectivity index (χ4v) is 5.42. The minimum absolute atomic E-state index is 0.0285. The van der Waals surface area contributed by atoms with Crippen LogP contribution in [-0.4, -0.2) is 27.5 Å². The summed E-state index contributed by atoms with van der Waals surface area (Å²) < 4.78 is 48.3. The van der Waals surface area contributed by atoms with Gasteiger partial charge in [-0.1, -0.05) is 91.0 Å². The number of nitrogens with one attached hydrogen (secondary N) is 2. The van der Waals surface area contributed by atoms with Crippen molar-refractivity contribution in [1.82, 2.24) is 10.0 Å². The molecule has 0 heterocycles. The molecule has 0 spiro atoms. The Morgan fingerprint density at radius 1 is 0.838 bits per heavy atom. The number of halogens is 1. The summed E-state index contributed by atoms with van der Waals surface area (Å²) in [6.45, 7) is 0. The Labute approximate surface area is 216 Å². The van der Waals surface area contributed by atoms with Crippen LogP contribution in [0.5, 0.6) is 5.75 Å². The lowest BCUT2D eigenvalue weighted by Crippen LogP contribution is -2.49. The summed E-state index contributed by atoms with van der Waals surface area (Å²) in [5, 5.41) is 3.01. The molecule has 0 aliphatic rings. The van der Waals surface area contributed by atoms with E-state index in [-0.39, 0.29) is 17.1 Å². The standard InChI is InChI=1S/C29H27FN2O4S/c1-36-26-18-17-24(30)20-27(26)37(34,35)32-25(19-21-11-5-2-6-12-21)29(33)31-28(22-13-7-3-8-14-22)23-15-9-4-10-16-23/h2-18,20,25,28,32H,19H2,1H3,(H,31,33). The van der Waals surface area contributed by atoms with E-state index in [0.29, 0.717) is 0 Å². The van der Waals surface area contributed by atoms with Gasteiger partial charge in [-0.05, 0) is 41.3 Å². The van der Waals surface area contributed by atoms with Gasteiger partial charge in [0, 0.05) is 0 Å². The first-order valence-corrected chi connectivity index (χ1v) is 13.2. The van der Waals surface area contributed by atoms with Crippen LogP contribution in [0.1, 0.15) is 22.7 Å². The van der Waals surface area contributed by atoms with Gasteiger partial charge in [-0.2, -0.15) is 4.72 Å². The maximum absolute atomic E-state index is 14.0. The molecule has 0 aliphatic carbocycles. The van der Waals surface area contributed by atoms with Crippen LogP contribution in [-0.2, 0) is 21.2 Å². The second-order valence-electron chi connectivity index (χ2n) is 8.42. The third-order valence-electron chi connectivity index (χ3n) is 5.86. The fraction of sp³-hybridized carbons (Fsp3) is 0.138. The zero-order valence-corrected chi connectivity index (χ0v) is 21.0. The minimum Gasteiger partial charge on any atom is -0.495 e. The number of hydrogen-bond acceptors (Lipinski definition) is 4. The van der Waals surface area contributed by atoms with Gasteiger partial charge in [-0.3, -0.25) is 4.79 Å². The zero-order valence-electron chi connectivity index (χ0n) is 20.2. The third kappa shape index (κ3) is 6.61. The van der Waals surface area contributed by atoms with Crippen LogP contribution < -0.4 is 14.8 Å². The van der Waals surface area contributed by atoms with Crippen LogP contribution in [0.3, 0.4) is 0 Å². The van der Waals surface area contributed by atoms with Crippen molar-refractivity contribution in [2.24, 2.45) is 0 Å². The molecule has 1 atom stereocenters. The number of carbonyl (C=O) groups is 1. The molecule has 0 bridgehead atoms. The molecule has 1 amide bonds. The Hall–Kier alpha value is -4.01. The van der Waals surface area contributed by atoms with Crippen molar-refractivity contribution >= 4 is 15.9 Å². The lowest BCUT2D eigenvalue weighted by atomic mass is 9.97. The van der Waals surface area contributed by atoms with Gasteiger partial charge in [0.25, 0.3) is 0 Å². The van der Waals surface area contributed by atoms with Crippen molar-refractivity contribution in [2.75, 3.05) is 7.11 Å². The number of benzene rings is 4. The van der Waals surface area contributed by atoms with Crippen LogP contribution in [0.25, 0.3) is 0 Å². The van der Waals surface area contributed by atoms with E-state index in [4.69, 9.17) is 4.74 Å². The van der Waals surface area contributed by atoms with Crippen molar-refractivity contribution in [3.8, 4) is 5.75 Å². The Morgan fingerprint density at radius 2 is 1.38 bits per heavy atom. The fourth-order valence-electron chi connectivity index (χ4n) is 4.04. The summed E-state index contributed by atoms with van der Waals surface area (Å²) in [5.74, 6) is -1.29. The highest BCUT2D eigenvalue weighted by Crippen LogP contribution is 2.26. The van der Waals surface area contributed by atoms with Crippen LogP contribution in [0.15, 0.2) is 114 Å². The zero-order chi connectivity index (χ0) is 26.3. The van der Waals surface area contributed by atoms with Crippen LogP contribution >= 0.6 is 0 Å². The van der Waals surface area contributed by atoms with Crippen LogP contribution in [0, 0.1) is 5.82 Å². The smallest absolute Gasteiger partial charge is 0.245 e. The highest BCUT2D eigenvalue weighted by Gasteiger charge is 2.30. The number of sulfonamides is 1. The second kappa shape index (κ2) is 11.8. The summed E-state index contributed by atoms with van der Waals surface area (Å²) >= 11 is 0. The first-order valence-electron chi connectivity index (χ1n) is 11.7. The largest absolute Gasteiger partial charge is 0.495 e. The molecule has 4 rings (SSSR count). The van der Waals surface area contributed by atoms with E-state index in [2.05, 4.69) is 10.0 Å². The molecule has 4 aromatic rings. The van der Waals surface area contributed by atoms with E-state index in [0.717, 1.165) is 28.8 Å². The summed E-state index contributed by atoms with van der Waals surface area (Å²) in [6.07, 6.45) is 0.0832. The molecule has 0 saturated carbocycles. The third-order valence-corrected chi connectivity index (χ3v) is 7.36. The van der Waals surface area contributed by atoms with Crippen LogP contribution in [0.4, 0.5) is 4.39 Å². The maximum Gasteiger partial charge on any atom is 0.245 e. The van der Waals surface area contributed by atoms with E-state index in [9.17, 15) is 17.6 Å². The summed E-state index contributed by atoms with van der Waals surface area (Å²) in [4.78, 5) is 13.3. The van der Waals surface area contributed by atoms with Crippen molar-refractivity contribution in [2.45, 2.75) is 23.4 Å². The van der Waals surface area contributed by atoms with Gasteiger partial charge in [-0.15, -0.1) is 0 Å². The van der Waals surface area contributed by atoms with Gasteiger partial charge >= 0.3 is 0 Å². The summed E-state index contributed by atoms with van der Waals surface area (Å²) in [7, 11) is -3.03. The monoisotopic (exact) mass is 518 g/mol. The van der Waals surface area contributed by atoms with E-state index in [1.54, 1.807) is 0 Å². The lowest BCUT2D eigenvalue weighted by molar-refractivity contribution is -0.123. The molecule has 6 nitrogen and oxygen atoms in total. The molecule has 0 fully saturated rings. The molecule has 4 aromatic carbocycles. The number of rotatable bonds is 10. The molecule has 0 radical (unpaired) electrons. The number of amides is 1. The van der Waals surface area contributed by atoms with Crippen molar-refractivity contribution in [1.29, 1.82) is 0 Å². The Kier molecular flexibility index (Phi) is 8.32. The maximum atomic E-state index is 14.0. The molecule has 0 aromatic heterocycles. The number of hydrogen-bond donors (Lipinski definition) is 2.